The molecule has 2 aliphatic heterocycles. The molecule has 1 aromatic heterocycles. The summed E-state index contributed by atoms with van der Waals surface area (Å²) in [6.07, 6.45) is 4.42. The molecule has 2 aromatic carbocycles. The Morgan fingerprint density at radius 1 is 0.947 bits per heavy atom. The summed E-state index contributed by atoms with van der Waals surface area (Å²) in [5.41, 5.74) is 3.39. The number of nitrogens with zero attached hydrogens (tertiary/aromatic N) is 3. The van der Waals surface area contributed by atoms with E-state index in [4.69, 9.17) is 0 Å². The normalized spacial score (nSPS) is 19.9. The van der Waals surface area contributed by atoms with Crippen molar-refractivity contribution in [2.24, 2.45) is 0 Å². The van der Waals surface area contributed by atoms with Crippen LogP contribution in [0.2, 0.25) is 0 Å². The standard InChI is InChI=1S/C29H27FN4O4/c30-24-11-10-17(13-25-21-8-4-5-9-22(21)27(36)32-31-25)12-23(24)28(37)33-15-20-14-19(33)16-34(20)29(38)26(35)18-6-2-1-3-7-18/h1-3,6-7,10-12,19-20H,4-5,8-9,13-16H2,(H,32,36)/t19-,20-/m0/s1. The zero-order chi connectivity index (χ0) is 26.4. The molecule has 0 spiro atoms. The minimum Gasteiger partial charge on any atom is -0.332 e. The molecule has 0 unspecified atom stereocenters. The number of H-pyrrole nitrogens is 1. The Morgan fingerprint density at radius 2 is 1.66 bits per heavy atom. The van der Waals surface area contributed by atoms with Crippen LogP contribution in [0.15, 0.2) is 53.3 Å². The predicted molar refractivity (Wildman–Crippen MR) is 136 cm³/mol. The fraction of sp³-hybridized carbons (Fsp3) is 0.345. The van der Waals surface area contributed by atoms with Crippen LogP contribution in [0.5, 0.6) is 0 Å². The van der Waals surface area contributed by atoms with E-state index in [1.165, 1.54) is 6.07 Å². The third-order valence-corrected chi connectivity index (χ3v) is 8.01. The van der Waals surface area contributed by atoms with E-state index in [1.807, 2.05) is 0 Å². The molecule has 0 saturated carbocycles. The summed E-state index contributed by atoms with van der Waals surface area (Å²) in [6.45, 7) is 0.512. The molecule has 9 heteroatoms. The number of benzene rings is 2. The van der Waals surface area contributed by atoms with Crippen molar-refractivity contribution in [2.45, 2.75) is 50.6 Å². The number of rotatable bonds is 5. The number of hydrogen-bond donors (Lipinski definition) is 1. The van der Waals surface area contributed by atoms with Crippen LogP contribution in [0.25, 0.3) is 0 Å². The fourth-order valence-electron chi connectivity index (χ4n) is 6.08. The lowest BCUT2D eigenvalue weighted by molar-refractivity contribution is -0.128. The van der Waals surface area contributed by atoms with Crippen molar-refractivity contribution in [1.29, 1.82) is 0 Å². The van der Waals surface area contributed by atoms with Crippen LogP contribution < -0.4 is 5.56 Å². The van der Waals surface area contributed by atoms with E-state index in [-0.39, 0.29) is 36.3 Å². The number of carbonyl (C=O) groups is 3. The maximum Gasteiger partial charge on any atom is 0.295 e. The number of piperazine rings is 1. The Labute approximate surface area is 218 Å². The zero-order valence-corrected chi connectivity index (χ0v) is 20.8. The average Bonchev–Trinajstić information content (AvgIpc) is 3.56. The molecule has 0 radical (unpaired) electrons. The SMILES string of the molecule is O=C(C(=O)N1C[C@@H]2C[C@H]1CN2C(=O)c1cc(Cc2n[nH]c(=O)c3c2CCCC3)ccc1F)c1ccccc1. The molecule has 3 aromatic rings. The van der Waals surface area contributed by atoms with E-state index in [0.717, 1.165) is 48.1 Å². The molecule has 2 atom stereocenters. The number of aromatic amines is 1. The number of likely N-dealkylation sites (tertiary alicyclic amines) is 2. The van der Waals surface area contributed by atoms with Crippen molar-refractivity contribution in [3.63, 3.8) is 0 Å². The number of ketones is 1. The minimum absolute atomic E-state index is 0.0217. The number of carbonyl (C=O) groups excluding carboxylic acids is 3. The molecule has 1 aliphatic carbocycles. The van der Waals surface area contributed by atoms with E-state index in [1.54, 1.807) is 52.3 Å². The first-order chi connectivity index (χ1) is 18.4. The van der Waals surface area contributed by atoms with Crippen LogP contribution in [0.1, 0.15) is 62.4 Å². The Balaban J connectivity index is 1.18. The van der Waals surface area contributed by atoms with Crippen molar-refractivity contribution in [1.82, 2.24) is 20.0 Å². The van der Waals surface area contributed by atoms with Gasteiger partial charge in [0.15, 0.2) is 0 Å². The second-order valence-electron chi connectivity index (χ2n) is 10.3. The molecule has 8 nitrogen and oxygen atoms in total. The lowest BCUT2D eigenvalue weighted by atomic mass is 9.90. The number of aromatic nitrogens is 2. The summed E-state index contributed by atoms with van der Waals surface area (Å²) in [5, 5.41) is 6.84. The fourth-order valence-corrected chi connectivity index (χ4v) is 6.08. The Kier molecular flexibility index (Phi) is 6.13. The van der Waals surface area contributed by atoms with Gasteiger partial charge < -0.3 is 9.80 Å². The highest BCUT2D eigenvalue weighted by Crippen LogP contribution is 2.33. The largest absolute Gasteiger partial charge is 0.332 e. The van der Waals surface area contributed by atoms with Crippen molar-refractivity contribution in [2.75, 3.05) is 13.1 Å². The first-order valence-electron chi connectivity index (χ1n) is 13.0. The van der Waals surface area contributed by atoms with E-state index in [9.17, 15) is 23.6 Å². The number of halogens is 1. The van der Waals surface area contributed by atoms with Gasteiger partial charge in [-0.3, -0.25) is 19.2 Å². The molecule has 2 fully saturated rings. The lowest BCUT2D eigenvalue weighted by Gasteiger charge is -2.34. The monoisotopic (exact) mass is 514 g/mol. The van der Waals surface area contributed by atoms with E-state index in [2.05, 4.69) is 10.2 Å². The van der Waals surface area contributed by atoms with Crippen molar-refractivity contribution >= 4 is 17.6 Å². The summed E-state index contributed by atoms with van der Waals surface area (Å²) in [4.78, 5) is 54.3. The first-order valence-corrected chi connectivity index (χ1v) is 13.0. The Hall–Kier alpha value is -4.14. The maximum absolute atomic E-state index is 14.9. The first kappa shape index (κ1) is 24.2. The molecule has 3 heterocycles. The van der Waals surface area contributed by atoms with Gasteiger partial charge in [-0.1, -0.05) is 36.4 Å². The molecular weight excluding hydrogens is 487 g/mol. The lowest BCUT2D eigenvalue weighted by Crippen LogP contribution is -2.52. The molecular formula is C29H27FN4O4. The zero-order valence-electron chi connectivity index (χ0n) is 20.8. The molecule has 3 aliphatic rings. The van der Waals surface area contributed by atoms with Crippen molar-refractivity contribution in [3.8, 4) is 0 Å². The summed E-state index contributed by atoms with van der Waals surface area (Å²) in [5.74, 6) is -2.16. The summed E-state index contributed by atoms with van der Waals surface area (Å²) in [6, 6.07) is 12.4. The predicted octanol–water partition coefficient (Wildman–Crippen LogP) is 2.69. The van der Waals surface area contributed by atoms with Gasteiger partial charge in [-0.2, -0.15) is 5.10 Å². The van der Waals surface area contributed by atoms with Gasteiger partial charge in [0, 0.05) is 30.6 Å². The van der Waals surface area contributed by atoms with Gasteiger partial charge in [0.1, 0.15) is 5.82 Å². The van der Waals surface area contributed by atoms with Crippen LogP contribution in [0.4, 0.5) is 4.39 Å². The molecule has 194 valence electrons. The van der Waals surface area contributed by atoms with Crippen LogP contribution in [0.3, 0.4) is 0 Å². The van der Waals surface area contributed by atoms with E-state index in [0.29, 0.717) is 18.4 Å². The quantitative estimate of drug-likeness (QED) is 0.417. The van der Waals surface area contributed by atoms with Crippen molar-refractivity contribution in [3.05, 3.63) is 98.2 Å². The van der Waals surface area contributed by atoms with Gasteiger partial charge in [0.2, 0.25) is 5.78 Å². The number of nitrogens with one attached hydrogen (secondary N) is 1. The highest BCUT2D eigenvalue weighted by molar-refractivity contribution is 6.42. The van der Waals surface area contributed by atoms with Gasteiger partial charge in [-0.05, 0) is 55.4 Å². The van der Waals surface area contributed by atoms with E-state index < -0.39 is 23.4 Å². The number of amides is 2. The van der Waals surface area contributed by atoms with Crippen LogP contribution >= 0.6 is 0 Å². The summed E-state index contributed by atoms with van der Waals surface area (Å²) < 4.78 is 14.9. The Morgan fingerprint density at radius 3 is 2.39 bits per heavy atom. The molecule has 2 amide bonds. The number of fused-ring (bicyclic) bond motifs is 3. The Bertz CT molecular complexity index is 1500. The topological polar surface area (TPSA) is 103 Å². The highest BCUT2D eigenvalue weighted by Gasteiger charge is 2.48. The van der Waals surface area contributed by atoms with Gasteiger partial charge in [0.05, 0.1) is 23.3 Å². The van der Waals surface area contributed by atoms with Gasteiger partial charge in [-0.25, -0.2) is 9.49 Å². The summed E-state index contributed by atoms with van der Waals surface area (Å²) in [7, 11) is 0. The number of Topliss-reactive ketones (excluding diaryl/α,β-unsaturated/α-hetero) is 1. The van der Waals surface area contributed by atoms with Gasteiger partial charge in [0.25, 0.3) is 17.4 Å². The van der Waals surface area contributed by atoms with Crippen LogP contribution in [-0.4, -0.2) is 62.8 Å². The minimum atomic E-state index is -0.606. The van der Waals surface area contributed by atoms with Crippen LogP contribution in [0, 0.1) is 5.82 Å². The molecule has 1 N–H and O–H groups in total. The molecule has 6 rings (SSSR count). The second kappa shape index (κ2) is 9.63. The smallest absolute Gasteiger partial charge is 0.295 e. The summed E-state index contributed by atoms with van der Waals surface area (Å²) >= 11 is 0. The second-order valence-corrected chi connectivity index (χ2v) is 10.3. The van der Waals surface area contributed by atoms with Gasteiger partial charge in [-0.15, -0.1) is 0 Å². The van der Waals surface area contributed by atoms with Gasteiger partial charge >= 0.3 is 0 Å². The molecule has 38 heavy (non-hydrogen) atoms. The van der Waals surface area contributed by atoms with Crippen molar-refractivity contribution < 1.29 is 18.8 Å². The van der Waals surface area contributed by atoms with E-state index >= 15 is 0 Å². The number of hydrogen-bond acceptors (Lipinski definition) is 5. The third kappa shape index (κ3) is 4.21. The maximum atomic E-state index is 14.9. The molecule has 2 bridgehead atoms. The highest BCUT2D eigenvalue weighted by atomic mass is 19.1. The van der Waals surface area contributed by atoms with Crippen LogP contribution in [-0.2, 0) is 24.1 Å². The average molecular weight is 515 g/mol. The third-order valence-electron chi connectivity index (χ3n) is 8.01. The molecule has 2 saturated heterocycles.